The molecule has 8 nitrogen and oxygen atoms in total. The van der Waals surface area contributed by atoms with Gasteiger partial charge in [-0.15, -0.1) is 0 Å². The number of rotatable bonds is 9. The van der Waals surface area contributed by atoms with Gasteiger partial charge in [0.1, 0.15) is 17.4 Å². The quantitative estimate of drug-likeness (QED) is 0.105. The monoisotopic (exact) mass is 562 g/mol. The number of carbonyl (C=O) groups excluding carboxylic acids is 3. The average molecular weight is 563 g/mol. The molecule has 8 heteroatoms. The van der Waals surface area contributed by atoms with Crippen LogP contribution < -0.4 is 19.4 Å². The third-order valence-corrected chi connectivity index (χ3v) is 7.43. The second-order valence-electron chi connectivity index (χ2n) is 10.2. The summed E-state index contributed by atoms with van der Waals surface area (Å²) in [6, 6.07) is 31.5. The van der Waals surface area contributed by atoms with Crippen LogP contribution in [0.1, 0.15) is 41.7 Å². The molecule has 2 aliphatic rings. The highest BCUT2D eigenvalue weighted by Gasteiger charge is 2.60. The van der Waals surface area contributed by atoms with Crippen LogP contribution >= 0.6 is 0 Å². The van der Waals surface area contributed by atoms with Gasteiger partial charge in [0.15, 0.2) is 6.10 Å². The van der Waals surface area contributed by atoms with Crippen molar-refractivity contribution in [3.05, 3.63) is 120 Å². The largest absolute Gasteiger partial charge is 0.494 e. The molecule has 0 bridgehead atoms. The molecule has 4 aromatic rings. The maximum absolute atomic E-state index is 13.9. The van der Waals surface area contributed by atoms with Gasteiger partial charge >= 0.3 is 5.97 Å². The van der Waals surface area contributed by atoms with Crippen LogP contribution in [0, 0.1) is 5.92 Å². The van der Waals surface area contributed by atoms with E-state index < -0.39 is 29.9 Å². The van der Waals surface area contributed by atoms with Crippen molar-refractivity contribution in [2.75, 3.05) is 16.6 Å². The minimum absolute atomic E-state index is 0.340. The zero-order chi connectivity index (χ0) is 29.1. The second-order valence-corrected chi connectivity index (χ2v) is 10.2. The summed E-state index contributed by atoms with van der Waals surface area (Å²) in [5.41, 5.74) is 2.38. The van der Waals surface area contributed by atoms with Crippen LogP contribution in [-0.2, 0) is 14.4 Å². The number of para-hydroxylation sites is 1. The first kappa shape index (κ1) is 27.2. The van der Waals surface area contributed by atoms with Crippen LogP contribution in [0.15, 0.2) is 109 Å². The molecule has 2 amide bonds. The number of unbranched alkanes of at least 4 members (excludes halogenated alkanes) is 1. The first-order chi connectivity index (χ1) is 20.5. The number of ether oxygens (including phenoxy) is 2. The van der Waals surface area contributed by atoms with Crippen molar-refractivity contribution < 1.29 is 28.7 Å². The van der Waals surface area contributed by atoms with Crippen molar-refractivity contribution in [2.24, 2.45) is 5.92 Å². The van der Waals surface area contributed by atoms with Crippen molar-refractivity contribution >= 4 is 29.2 Å². The number of amides is 2. The van der Waals surface area contributed by atoms with Gasteiger partial charge in [-0.05, 0) is 72.6 Å². The van der Waals surface area contributed by atoms with Gasteiger partial charge < -0.3 is 9.47 Å². The third-order valence-electron chi connectivity index (χ3n) is 7.43. The third kappa shape index (κ3) is 5.24. The lowest BCUT2D eigenvalue weighted by Gasteiger charge is -2.28. The fourth-order valence-corrected chi connectivity index (χ4v) is 5.31. The first-order valence-electron chi connectivity index (χ1n) is 14.0. The van der Waals surface area contributed by atoms with E-state index >= 15 is 0 Å². The normalized spacial score (nSPS) is 19.6. The van der Waals surface area contributed by atoms with Crippen molar-refractivity contribution in [1.29, 1.82) is 0 Å². The van der Waals surface area contributed by atoms with E-state index in [2.05, 4.69) is 6.92 Å². The molecule has 3 atom stereocenters. The van der Waals surface area contributed by atoms with E-state index in [9.17, 15) is 14.4 Å². The highest BCUT2D eigenvalue weighted by atomic mass is 16.7. The predicted molar refractivity (Wildman–Crippen MR) is 157 cm³/mol. The molecule has 212 valence electrons. The van der Waals surface area contributed by atoms with Crippen LogP contribution in [0.4, 0.5) is 11.4 Å². The lowest BCUT2D eigenvalue weighted by atomic mass is 9.90. The lowest BCUT2D eigenvalue weighted by Crippen LogP contribution is -2.37. The zero-order valence-corrected chi connectivity index (χ0v) is 23.1. The molecule has 42 heavy (non-hydrogen) atoms. The minimum atomic E-state index is -0.987. The molecule has 0 unspecified atom stereocenters. The van der Waals surface area contributed by atoms with Crippen LogP contribution in [0.2, 0.25) is 0 Å². The van der Waals surface area contributed by atoms with Gasteiger partial charge in [-0.2, -0.15) is 0 Å². The summed E-state index contributed by atoms with van der Waals surface area (Å²) >= 11 is 0. The van der Waals surface area contributed by atoms with Gasteiger partial charge in [0, 0.05) is 0 Å². The topological polar surface area (TPSA) is 85.4 Å². The van der Waals surface area contributed by atoms with Gasteiger partial charge in [0.25, 0.3) is 5.91 Å². The Morgan fingerprint density at radius 3 is 2.07 bits per heavy atom. The number of esters is 1. The Morgan fingerprint density at radius 2 is 1.40 bits per heavy atom. The highest BCUT2D eigenvalue weighted by molar-refractivity contribution is 6.24. The number of benzene rings is 4. The summed E-state index contributed by atoms with van der Waals surface area (Å²) in [5, 5.41) is 1.64. The summed E-state index contributed by atoms with van der Waals surface area (Å²) in [5.74, 6) is -0.951. The van der Waals surface area contributed by atoms with Crippen LogP contribution in [0.3, 0.4) is 0 Å². The Morgan fingerprint density at radius 1 is 0.762 bits per heavy atom. The molecule has 4 aromatic carbocycles. The Kier molecular flexibility index (Phi) is 7.70. The smallest absolute Gasteiger partial charge is 0.343 e. The van der Waals surface area contributed by atoms with E-state index in [1.165, 1.54) is 4.90 Å². The summed E-state index contributed by atoms with van der Waals surface area (Å²) in [6.07, 6.45) is 0.987. The van der Waals surface area contributed by atoms with Crippen molar-refractivity contribution in [3.8, 4) is 11.5 Å². The predicted octanol–water partition coefficient (Wildman–Crippen LogP) is 6.14. The van der Waals surface area contributed by atoms with Gasteiger partial charge in [-0.3, -0.25) is 14.4 Å². The number of hydrogen-bond donors (Lipinski definition) is 0. The van der Waals surface area contributed by atoms with Crippen LogP contribution in [0.25, 0.3) is 0 Å². The molecular formula is C34H30N2O6. The SMILES string of the molecule is CCCCOc1ccc(N2C(=O)[C@H]3[C@@H](c4ccc(OC(=O)c5ccccc5)cc4)N(c4ccccc4)O[C@H]3C2=O)cc1. The number of hydrogen-bond acceptors (Lipinski definition) is 7. The average Bonchev–Trinajstić information content (AvgIpc) is 3.54. The number of nitrogens with zero attached hydrogens (tertiary/aromatic N) is 2. The Balaban J connectivity index is 1.27. The molecule has 0 aromatic heterocycles. The number of anilines is 2. The fraction of sp³-hybridized carbons (Fsp3) is 0.206. The number of hydroxylamine groups is 1. The summed E-state index contributed by atoms with van der Waals surface area (Å²) in [4.78, 5) is 47.5. The standard InChI is InChI=1S/C34H30N2O6/c1-2-3-22-40-27-20-16-25(17-21-27)35-32(37)29-30(36(42-31(29)33(35)38)26-12-8-5-9-13-26)23-14-18-28(19-15-23)41-34(39)24-10-6-4-7-11-24/h4-21,29-31H,2-3,22H2,1H3/t29-,30+,31+/m0/s1. The fourth-order valence-electron chi connectivity index (χ4n) is 5.31. The molecule has 2 heterocycles. The molecule has 0 radical (unpaired) electrons. The molecule has 2 aliphatic heterocycles. The van der Waals surface area contributed by atoms with E-state index in [4.69, 9.17) is 14.3 Å². The molecule has 0 spiro atoms. The van der Waals surface area contributed by atoms with Crippen molar-refractivity contribution in [3.63, 3.8) is 0 Å². The van der Waals surface area contributed by atoms with E-state index in [1.54, 1.807) is 77.9 Å². The van der Waals surface area contributed by atoms with Crippen LogP contribution in [0.5, 0.6) is 11.5 Å². The van der Waals surface area contributed by atoms with Crippen LogP contribution in [-0.4, -0.2) is 30.5 Å². The van der Waals surface area contributed by atoms with Gasteiger partial charge in [-0.1, -0.05) is 61.9 Å². The first-order valence-corrected chi connectivity index (χ1v) is 14.0. The molecule has 2 saturated heterocycles. The summed E-state index contributed by atoms with van der Waals surface area (Å²) < 4.78 is 11.3. The van der Waals surface area contributed by atoms with E-state index in [0.717, 1.165) is 24.1 Å². The molecule has 2 fully saturated rings. The summed E-state index contributed by atoms with van der Waals surface area (Å²) in [6.45, 7) is 2.70. The number of carbonyl (C=O) groups is 3. The zero-order valence-electron chi connectivity index (χ0n) is 23.1. The lowest BCUT2D eigenvalue weighted by molar-refractivity contribution is -0.126. The van der Waals surface area contributed by atoms with Crippen molar-refractivity contribution in [2.45, 2.75) is 31.9 Å². The maximum atomic E-state index is 13.9. The molecular weight excluding hydrogens is 532 g/mol. The number of fused-ring (bicyclic) bond motifs is 1. The Labute approximate surface area is 244 Å². The van der Waals surface area contributed by atoms with Crippen molar-refractivity contribution in [1.82, 2.24) is 0 Å². The van der Waals surface area contributed by atoms with Gasteiger partial charge in [0.05, 0.1) is 29.6 Å². The maximum Gasteiger partial charge on any atom is 0.343 e. The van der Waals surface area contributed by atoms with E-state index in [1.807, 2.05) is 36.4 Å². The van der Waals surface area contributed by atoms with E-state index in [-0.39, 0.29) is 5.91 Å². The molecule has 0 N–H and O–H groups in total. The highest BCUT2D eigenvalue weighted by Crippen LogP contribution is 2.47. The summed E-state index contributed by atoms with van der Waals surface area (Å²) in [7, 11) is 0. The van der Waals surface area contributed by atoms with Gasteiger partial charge in [-0.25, -0.2) is 14.8 Å². The second kappa shape index (κ2) is 11.9. The Hall–Kier alpha value is -4.95. The minimum Gasteiger partial charge on any atom is -0.494 e. The van der Waals surface area contributed by atoms with Gasteiger partial charge in [0.2, 0.25) is 5.91 Å². The molecule has 0 saturated carbocycles. The number of imide groups is 1. The van der Waals surface area contributed by atoms with E-state index in [0.29, 0.717) is 29.4 Å². The molecule has 6 rings (SSSR count). The molecule has 0 aliphatic carbocycles. The Bertz CT molecular complexity index is 1560.